The van der Waals surface area contributed by atoms with Gasteiger partial charge in [-0.05, 0) is 67.8 Å². The van der Waals surface area contributed by atoms with Gasteiger partial charge in [-0.3, -0.25) is 0 Å². The molecule has 1 aliphatic rings. The van der Waals surface area contributed by atoms with E-state index in [-0.39, 0.29) is 11.6 Å². The molecule has 1 fully saturated rings. The van der Waals surface area contributed by atoms with Gasteiger partial charge in [0.05, 0.1) is 12.3 Å². The first-order valence-corrected chi connectivity index (χ1v) is 14.6. The van der Waals surface area contributed by atoms with Crippen molar-refractivity contribution in [2.45, 2.75) is 77.6 Å². The average Bonchev–Trinajstić information content (AvgIpc) is 3.14. The number of aliphatic hydroxyl groups is 1. The number of nitrogens with zero attached hydrogens (tertiary/aromatic N) is 2. The highest BCUT2D eigenvalue weighted by atomic mass is 28.4. The minimum Gasteiger partial charge on any atom is -0.465 e. The number of aromatic nitrogens is 1. The SMILES string of the molecule is CC(C)(C)[Si](C)(C)OCc1c(CCO)ccc2c(CCC3CCN(C(=O)O)CC3)noc12. The molecule has 0 spiro atoms. The molecule has 0 bridgehead atoms. The van der Waals surface area contributed by atoms with Gasteiger partial charge in [-0.1, -0.05) is 32.0 Å². The van der Waals surface area contributed by atoms with Gasteiger partial charge in [0, 0.05) is 30.6 Å². The molecule has 1 amide bonds. The van der Waals surface area contributed by atoms with E-state index in [0.717, 1.165) is 53.5 Å². The molecular weight excluding hydrogens is 424 g/mol. The summed E-state index contributed by atoms with van der Waals surface area (Å²) in [6.45, 7) is 12.9. The highest BCUT2D eigenvalue weighted by Gasteiger charge is 2.37. The number of carbonyl (C=O) groups is 1. The molecule has 0 atom stereocenters. The molecule has 0 aliphatic carbocycles. The van der Waals surface area contributed by atoms with Crippen LogP contribution in [0.4, 0.5) is 4.79 Å². The summed E-state index contributed by atoms with van der Waals surface area (Å²) in [7, 11) is -1.94. The smallest absolute Gasteiger partial charge is 0.407 e. The molecular formula is C24H38N2O5Si. The molecule has 1 aromatic carbocycles. The molecule has 7 nitrogen and oxygen atoms in total. The number of hydrogen-bond acceptors (Lipinski definition) is 5. The molecule has 32 heavy (non-hydrogen) atoms. The van der Waals surface area contributed by atoms with Crippen molar-refractivity contribution in [1.82, 2.24) is 10.1 Å². The number of benzene rings is 1. The molecule has 178 valence electrons. The minimum atomic E-state index is -1.94. The van der Waals surface area contributed by atoms with Crippen molar-refractivity contribution in [3.8, 4) is 0 Å². The number of carboxylic acid groups (broad SMARTS) is 1. The summed E-state index contributed by atoms with van der Waals surface area (Å²) in [5.74, 6) is 0.507. The Hall–Kier alpha value is -1.90. The summed E-state index contributed by atoms with van der Waals surface area (Å²) in [5, 5.41) is 24.2. The van der Waals surface area contributed by atoms with E-state index in [4.69, 9.17) is 14.1 Å². The first kappa shape index (κ1) is 24.7. The summed E-state index contributed by atoms with van der Waals surface area (Å²) in [4.78, 5) is 12.6. The Kier molecular flexibility index (Phi) is 7.67. The van der Waals surface area contributed by atoms with E-state index < -0.39 is 14.4 Å². The zero-order chi connectivity index (χ0) is 23.5. The zero-order valence-electron chi connectivity index (χ0n) is 20.1. The Morgan fingerprint density at radius 1 is 1.25 bits per heavy atom. The largest absolute Gasteiger partial charge is 0.465 e. The summed E-state index contributed by atoms with van der Waals surface area (Å²) >= 11 is 0. The lowest BCUT2D eigenvalue weighted by Crippen LogP contribution is -2.40. The quantitative estimate of drug-likeness (QED) is 0.523. The Balaban J connectivity index is 1.75. The molecule has 2 N–H and O–H groups in total. The summed E-state index contributed by atoms with van der Waals surface area (Å²) in [5.41, 5.74) is 3.76. The van der Waals surface area contributed by atoms with Crippen LogP contribution >= 0.6 is 0 Å². The lowest BCUT2D eigenvalue weighted by Gasteiger charge is -2.36. The van der Waals surface area contributed by atoms with E-state index in [0.29, 0.717) is 32.0 Å². The lowest BCUT2D eigenvalue weighted by atomic mass is 9.91. The topological polar surface area (TPSA) is 96.0 Å². The van der Waals surface area contributed by atoms with Gasteiger partial charge in [0.2, 0.25) is 0 Å². The first-order chi connectivity index (χ1) is 15.0. The van der Waals surface area contributed by atoms with Gasteiger partial charge in [0.1, 0.15) is 0 Å². The van der Waals surface area contributed by atoms with Gasteiger partial charge in [-0.2, -0.15) is 0 Å². The number of hydrogen-bond donors (Lipinski definition) is 2. The number of aliphatic hydroxyl groups excluding tert-OH is 1. The Labute approximate surface area is 191 Å². The van der Waals surface area contributed by atoms with Crippen LogP contribution in [-0.2, 0) is 23.9 Å². The minimum absolute atomic E-state index is 0.0780. The number of amides is 1. The second-order valence-corrected chi connectivity index (χ2v) is 15.3. The van der Waals surface area contributed by atoms with E-state index in [1.165, 1.54) is 4.90 Å². The molecule has 0 saturated carbocycles. The van der Waals surface area contributed by atoms with Gasteiger partial charge < -0.3 is 24.1 Å². The van der Waals surface area contributed by atoms with Gasteiger partial charge in [-0.15, -0.1) is 0 Å². The number of likely N-dealkylation sites (tertiary alicyclic amines) is 1. The molecule has 2 aromatic rings. The van der Waals surface area contributed by atoms with E-state index in [2.05, 4.69) is 51.2 Å². The van der Waals surface area contributed by atoms with Crippen LogP contribution in [0.3, 0.4) is 0 Å². The molecule has 2 heterocycles. The Morgan fingerprint density at radius 3 is 2.53 bits per heavy atom. The zero-order valence-corrected chi connectivity index (χ0v) is 21.1. The Morgan fingerprint density at radius 2 is 1.94 bits per heavy atom. The third-order valence-electron chi connectivity index (χ3n) is 7.35. The average molecular weight is 463 g/mol. The molecule has 8 heteroatoms. The van der Waals surface area contributed by atoms with Gasteiger partial charge in [0.25, 0.3) is 0 Å². The molecule has 0 radical (unpaired) electrons. The maximum absolute atomic E-state index is 11.1. The lowest BCUT2D eigenvalue weighted by molar-refractivity contribution is 0.123. The molecule has 1 aliphatic heterocycles. The van der Waals surface area contributed by atoms with Crippen molar-refractivity contribution in [2.75, 3.05) is 19.7 Å². The summed E-state index contributed by atoms with van der Waals surface area (Å²) in [6, 6.07) is 4.12. The van der Waals surface area contributed by atoms with Crippen molar-refractivity contribution in [3.05, 3.63) is 29.0 Å². The first-order valence-electron chi connectivity index (χ1n) is 11.6. The van der Waals surface area contributed by atoms with Gasteiger partial charge in [0.15, 0.2) is 13.9 Å². The maximum Gasteiger partial charge on any atom is 0.407 e. The van der Waals surface area contributed by atoms with Crippen molar-refractivity contribution < 1.29 is 24.0 Å². The van der Waals surface area contributed by atoms with E-state index in [1.807, 2.05) is 0 Å². The molecule has 1 saturated heterocycles. The van der Waals surface area contributed by atoms with Crippen LogP contribution < -0.4 is 0 Å². The van der Waals surface area contributed by atoms with Crippen LogP contribution in [0.1, 0.15) is 56.9 Å². The van der Waals surface area contributed by atoms with E-state index in [9.17, 15) is 9.90 Å². The number of rotatable bonds is 8. The highest BCUT2D eigenvalue weighted by Crippen LogP contribution is 2.38. The van der Waals surface area contributed by atoms with Crippen molar-refractivity contribution in [1.29, 1.82) is 0 Å². The second-order valence-electron chi connectivity index (χ2n) is 10.5. The van der Waals surface area contributed by atoms with Crippen LogP contribution in [-0.4, -0.2) is 54.4 Å². The van der Waals surface area contributed by atoms with Gasteiger partial charge >= 0.3 is 6.09 Å². The van der Waals surface area contributed by atoms with Crippen molar-refractivity contribution in [2.24, 2.45) is 5.92 Å². The van der Waals surface area contributed by atoms with Crippen LogP contribution in [0.2, 0.25) is 18.1 Å². The standard InChI is InChI=1S/C24H38N2O5Si/c1-24(2,3)32(4,5)30-16-20-18(12-15-27)7-8-19-21(25-31-22(19)20)9-6-17-10-13-26(14-11-17)23(28)29/h7-8,17,27H,6,9-16H2,1-5H3,(H,28,29). The normalized spacial score (nSPS) is 16.1. The third kappa shape index (κ3) is 5.53. The summed E-state index contributed by atoms with van der Waals surface area (Å²) < 4.78 is 12.3. The second kappa shape index (κ2) is 9.93. The number of piperidine rings is 1. The molecule has 1 aromatic heterocycles. The molecule has 0 unspecified atom stereocenters. The summed E-state index contributed by atoms with van der Waals surface area (Å²) in [6.07, 6.45) is 3.32. The van der Waals surface area contributed by atoms with Crippen LogP contribution in [0.25, 0.3) is 11.0 Å². The van der Waals surface area contributed by atoms with Crippen LogP contribution in [0.5, 0.6) is 0 Å². The van der Waals surface area contributed by atoms with E-state index in [1.54, 1.807) is 0 Å². The monoisotopic (exact) mass is 462 g/mol. The Bertz CT molecular complexity index is 926. The fraction of sp³-hybridized carbons (Fsp3) is 0.667. The third-order valence-corrected chi connectivity index (χ3v) is 11.8. The maximum atomic E-state index is 11.1. The van der Waals surface area contributed by atoms with Crippen LogP contribution in [0, 0.1) is 5.92 Å². The fourth-order valence-corrected chi connectivity index (χ4v) is 5.00. The van der Waals surface area contributed by atoms with Crippen molar-refractivity contribution in [3.63, 3.8) is 0 Å². The number of fused-ring (bicyclic) bond motifs is 1. The fourth-order valence-electron chi connectivity index (χ4n) is 4.07. The highest BCUT2D eigenvalue weighted by molar-refractivity contribution is 6.74. The van der Waals surface area contributed by atoms with E-state index >= 15 is 0 Å². The number of aryl methyl sites for hydroxylation is 1. The predicted octanol–water partition coefficient (Wildman–Crippen LogP) is 5.21. The van der Waals surface area contributed by atoms with Crippen molar-refractivity contribution >= 4 is 25.4 Å². The predicted molar refractivity (Wildman–Crippen MR) is 127 cm³/mol. The van der Waals surface area contributed by atoms with Crippen LogP contribution in [0.15, 0.2) is 16.7 Å². The molecule has 3 rings (SSSR count). The van der Waals surface area contributed by atoms with Gasteiger partial charge in [-0.25, -0.2) is 4.79 Å².